The van der Waals surface area contributed by atoms with Gasteiger partial charge in [-0.05, 0) is 37.6 Å². The molecule has 0 saturated heterocycles. The molecule has 0 bridgehead atoms. The fourth-order valence-corrected chi connectivity index (χ4v) is 1.58. The third-order valence-corrected chi connectivity index (χ3v) is 2.45. The van der Waals surface area contributed by atoms with Crippen LogP contribution >= 0.6 is 0 Å². The second-order valence-electron chi connectivity index (χ2n) is 3.91. The van der Waals surface area contributed by atoms with E-state index in [0.717, 1.165) is 0 Å². The van der Waals surface area contributed by atoms with Crippen LogP contribution in [0.4, 0.5) is 16.2 Å². The summed E-state index contributed by atoms with van der Waals surface area (Å²) in [6, 6.07) is 6.05. The van der Waals surface area contributed by atoms with E-state index < -0.39 is 12.1 Å². The van der Waals surface area contributed by atoms with Crippen LogP contribution in [0.25, 0.3) is 0 Å². The summed E-state index contributed by atoms with van der Waals surface area (Å²) in [7, 11) is 0. The fraction of sp³-hybridized carbons (Fsp3) is 0.385. The van der Waals surface area contributed by atoms with Crippen LogP contribution < -0.4 is 16.4 Å². The van der Waals surface area contributed by atoms with Crippen molar-refractivity contribution in [1.29, 1.82) is 0 Å². The lowest BCUT2D eigenvalue weighted by atomic mass is 10.2. The Labute approximate surface area is 112 Å². The number of carbonyl (C=O) groups excluding carboxylic acids is 2. The Bertz CT molecular complexity index is 431. The lowest BCUT2D eigenvalue weighted by Crippen LogP contribution is -2.29. The van der Waals surface area contributed by atoms with Crippen LogP contribution in [-0.2, 0) is 9.53 Å². The van der Waals surface area contributed by atoms with Gasteiger partial charge in [0, 0.05) is 18.0 Å². The summed E-state index contributed by atoms with van der Waals surface area (Å²) in [6.45, 7) is 4.23. The van der Waals surface area contributed by atoms with E-state index in [1.165, 1.54) is 0 Å². The van der Waals surface area contributed by atoms with Crippen LogP contribution in [0, 0.1) is 0 Å². The molecule has 1 aromatic carbocycles. The molecule has 0 aliphatic carbocycles. The molecule has 0 saturated carbocycles. The van der Waals surface area contributed by atoms with Gasteiger partial charge in [-0.2, -0.15) is 0 Å². The molecule has 19 heavy (non-hydrogen) atoms. The van der Waals surface area contributed by atoms with E-state index in [9.17, 15) is 9.59 Å². The summed E-state index contributed by atoms with van der Waals surface area (Å²) in [5, 5.41) is 5.19. The van der Waals surface area contributed by atoms with Crippen LogP contribution in [0.2, 0.25) is 0 Å². The molecule has 0 aliphatic rings. The van der Waals surface area contributed by atoms with Crippen molar-refractivity contribution in [3.05, 3.63) is 24.3 Å². The first-order chi connectivity index (χ1) is 9.06. The molecule has 4 N–H and O–H groups in total. The molecule has 6 nitrogen and oxygen atoms in total. The lowest BCUT2D eigenvalue weighted by molar-refractivity contribution is -0.127. The number of nitrogens with one attached hydrogen (secondary N) is 2. The maximum atomic E-state index is 11.9. The van der Waals surface area contributed by atoms with Crippen LogP contribution in [-0.4, -0.2) is 24.6 Å². The highest BCUT2D eigenvalue weighted by Gasteiger charge is 2.16. The van der Waals surface area contributed by atoms with Gasteiger partial charge in [-0.15, -0.1) is 0 Å². The number of hydrogen-bond donors (Lipinski definition) is 3. The fourth-order valence-electron chi connectivity index (χ4n) is 1.58. The summed E-state index contributed by atoms with van der Waals surface area (Å²) >= 11 is 0. The molecule has 0 spiro atoms. The molecule has 0 fully saturated rings. The minimum Gasteiger partial charge on any atom is -0.369 e. The van der Waals surface area contributed by atoms with Gasteiger partial charge >= 0.3 is 6.03 Å². The van der Waals surface area contributed by atoms with Crippen LogP contribution in [0.15, 0.2) is 24.3 Å². The molecule has 104 valence electrons. The van der Waals surface area contributed by atoms with Gasteiger partial charge < -0.3 is 21.1 Å². The highest BCUT2D eigenvalue weighted by molar-refractivity contribution is 5.94. The molecule has 6 heteroatoms. The van der Waals surface area contributed by atoms with Crippen LogP contribution in [0.3, 0.4) is 0 Å². The van der Waals surface area contributed by atoms with E-state index in [0.29, 0.717) is 24.4 Å². The van der Waals surface area contributed by atoms with Crippen molar-refractivity contribution >= 4 is 23.3 Å². The summed E-state index contributed by atoms with van der Waals surface area (Å²) in [6.07, 6.45) is 0.162. The standard InChI is InChI=1S/C13H19N3O3/c1-3-11(19-4-2)12(17)15-9-5-7-10(8-6-9)16-13(14)18/h5-8,11H,3-4H2,1-2H3,(H,15,17)(H3,14,16,18)/t11-/m0/s1. The first kappa shape index (κ1) is 15.0. The van der Waals surface area contributed by atoms with E-state index in [1.807, 2.05) is 13.8 Å². The Hall–Kier alpha value is -2.08. The monoisotopic (exact) mass is 265 g/mol. The number of carbonyl (C=O) groups is 2. The van der Waals surface area contributed by atoms with Crippen molar-refractivity contribution in [2.45, 2.75) is 26.4 Å². The van der Waals surface area contributed by atoms with Crippen LogP contribution in [0.5, 0.6) is 0 Å². The Morgan fingerprint density at radius 1 is 1.16 bits per heavy atom. The Morgan fingerprint density at radius 3 is 2.11 bits per heavy atom. The summed E-state index contributed by atoms with van der Waals surface area (Å²) in [5.74, 6) is -0.181. The van der Waals surface area contributed by atoms with Gasteiger partial charge in [0.1, 0.15) is 6.10 Å². The summed E-state index contributed by atoms with van der Waals surface area (Å²) < 4.78 is 5.32. The summed E-state index contributed by atoms with van der Waals surface area (Å²) in [5.41, 5.74) is 6.21. The van der Waals surface area contributed by atoms with E-state index in [1.54, 1.807) is 24.3 Å². The molecule has 0 radical (unpaired) electrons. The highest BCUT2D eigenvalue weighted by Crippen LogP contribution is 2.14. The number of urea groups is 1. The normalized spacial score (nSPS) is 11.7. The number of amides is 3. The van der Waals surface area contributed by atoms with Gasteiger partial charge in [-0.25, -0.2) is 4.79 Å². The average Bonchev–Trinajstić information content (AvgIpc) is 2.37. The minimum atomic E-state index is -0.626. The zero-order chi connectivity index (χ0) is 14.3. The number of benzene rings is 1. The molecule has 1 atom stereocenters. The zero-order valence-electron chi connectivity index (χ0n) is 11.1. The first-order valence-corrected chi connectivity index (χ1v) is 6.15. The van der Waals surface area contributed by atoms with Gasteiger partial charge in [0.25, 0.3) is 5.91 Å². The second kappa shape index (κ2) is 7.38. The van der Waals surface area contributed by atoms with Gasteiger partial charge in [0.2, 0.25) is 0 Å². The molecular formula is C13H19N3O3. The predicted molar refractivity (Wildman–Crippen MR) is 74.0 cm³/mol. The van der Waals surface area contributed by atoms with Crippen molar-refractivity contribution in [2.24, 2.45) is 5.73 Å². The number of anilines is 2. The third-order valence-electron chi connectivity index (χ3n) is 2.45. The molecule has 0 aliphatic heterocycles. The lowest BCUT2D eigenvalue weighted by Gasteiger charge is -2.15. The molecule has 1 aromatic rings. The smallest absolute Gasteiger partial charge is 0.316 e. The van der Waals surface area contributed by atoms with Gasteiger partial charge in [-0.1, -0.05) is 6.92 Å². The van der Waals surface area contributed by atoms with Gasteiger partial charge in [0.15, 0.2) is 0 Å². The Balaban J connectivity index is 2.61. The van der Waals surface area contributed by atoms with Crippen molar-refractivity contribution in [3.63, 3.8) is 0 Å². The molecule has 1 rings (SSSR count). The minimum absolute atomic E-state index is 0.181. The number of nitrogens with two attached hydrogens (primary N) is 1. The summed E-state index contributed by atoms with van der Waals surface area (Å²) in [4.78, 5) is 22.5. The topological polar surface area (TPSA) is 93.4 Å². The average molecular weight is 265 g/mol. The SMILES string of the molecule is CCO[C@@H](CC)C(=O)Nc1ccc(NC(N)=O)cc1. The van der Waals surface area contributed by atoms with Crippen molar-refractivity contribution in [1.82, 2.24) is 0 Å². The maximum absolute atomic E-state index is 11.9. The predicted octanol–water partition coefficient (Wildman–Crippen LogP) is 1.93. The van der Waals surface area contributed by atoms with Crippen LogP contribution in [0.1, 0.15) is 20.3 Å². The highest BCUT2D eigenvalue weighted by atomic mass is 16.5. The van der Waals surface area contributed by atoms with Crippen molar-refractivity contribution in [3.8, 4) is 0 Å². The molecule has 0 unspecified atom stereocenters. The van der Waals surface area contributed by atoms with E-state index in [2.05, 4.69) is 10.6 Å². The second-order valence-corrected chi connectivity index (χ2v) is 3.91. The Morgan fingerprint density at radius 2 is 1.68 bits per heavy atom. The zero-order valence-corrected chi connectivity index (χ0v) is 11.1. The van der Waals surface area contributed by atoms with Gasteiger partial charge in [-0.3, -0.25) is 4.79 Å². The molecule has 0 aromatic heterocycles. The van der Waals surface area contributed by atoms with E-state index in [4.69, 9.17) is 10.5 Å². The van der Waals surface area contributed by atoms with Crippen molar-refractivity contribution < 1.29 is 14.3 Å². The van der Waals surface area contributed by atoms with E-state index in [-0.39, 0.29) is 5.91 Å². The quantitative estimate of drug-likeness (QED) is 0.733. The largest absolute Gasteiger partial charge is 0.369 e. The third kappa shape index (κ3) is 4.97. The first-order valence-electron chi connectivity index (χ1n) is 6.15. The van der Waals surface area contributed by atoms with Crippen molar-refractivity contribution in [2.75, 3.05) is 17.2 Å². The number of rotatable bonds is 6. The van der Waals surface area contributed by atoms with E-state index >= 15 is 0 Å². The Kier molecular flexibility index (Phi) is 5.81. The molecular weight excluding hydrogens is 246 g/mol. The number of ether oxygens (including phenoxy) is 1. The number of primary amides is 1. The molecule has 3 amide bonds. The molecule has 0 heterocycles. The maximum Gasteiger partial charge on any atom is 0.316 e. The van der Waals surface area contributed by atoms with Gasteiger partial charge in [0.05, 0.1) is 0 Å². The number of hydrogen-bond acceptors (Lipinski definition) is 3.